The molecule has 22 heavy (non-hydrogen) atoms. The Morgan fingerprint density at radius 1 is 1.18 bits per heavy atom. The van der Waals surface area contributed by atoms with E-state index in [1.807, 2.05) is 0 Å². The fraction of sp³-hybridized carbons (Fsp3) is 0.500. The van der Waals surface area contributed by atoms with Crippen molar-refractivity contribution < 1.29 is 9.52 Å². The van der Waals surface area contributed by atoms with E-state index in [9.17, 15) is 9.90 Å². The molecule has 1 aromatic carbocycles. The molecule has 1 N–H and O–H groups in total. The molecule has 116 valence electrons. The van der Waals surface area contributed by atoms with Crippen LogP contribution < -0.4 is 5.63 Å². The van der Waals surface area contributed by atoms with Gasteiger partial charge in [-0.25, -0.2) is 4.79 Å². The van der Waals surface area contributed by atoms with Crippen LogP contribution in [0.15, 0.2) is 27.4 Å². The Kier molecular flexibility index (Phi) is 3.51. The van der Waals surface area contributed by atoms with E-state index in [1.54, 1.807) is 6.07 Å². The highest BCUT2D eigenvalue weighted by Crippen LogP contribution is 2.30. The van der Waals surface area contributed by atoms with Crippen molar-refractivity contribution in [2.75, 3.05) is 13.2 Å². The quantitative estimate of drug-likeness (QED) is 0.883. The number of aliphatic hydroxyl groups is 1. The molecule has 2 heterocycles. The van der Waals surface area contributed by atoms with Gasteiger partial charge in [-0.05, 0) is 67.5 Å². The first-order valence-electron chi connectivity index (χ1n) is 8.18. The van der Waals surface area contributed by atoms with Crippen LogP contribution in [-0.4, -0.2) is 29.2 Å². The van der Waals surface area contributed by atoms with Crippen LogP contribution in [0, 0.1) is 0 Å². The van der Waals surface area contributed by atoms with Crippen molar-refractivity contribution >= 4 is 11.0 Å². The van der Waals surface area contributed by atoms with Crippen molar-refractivity contribution in [1.29, 1.82) is 0 Å². The van der Waals surface area contributed by atoms with Gasteiger partial charge in [0.15, 0.2) is 0 Å². The Balaban J connectivity index is 1.78. The number of hydrogen-bond acceptors (Lipinski definition) is 4. The molecule has 1 aliphatic heterocycles. The predicted molar refractivity (Wildman–Crippen MR) is 85.0 cm³/mol. The lowest BCUT2D eigenvalue weighted by atomic mass is 10.0. The molecular formula is C18H21NO3. The number of benzene rings is 1. The maximum atomic E-state index is 11.9. The number of likely N-dealkylation sites (tertiary alicyclic amines) is 1. The molecule has 0 unspecified atom stereocenters. The number of fused-ring (bicyclic) bond motifs is 2. The molecule has 0 amide bonds. The van der Waals surface area contributed by atoms with Crippen LogP contribution in [-0.2, 0) is 19.4 Å². The van der Waals surface area contributed by atoms with E-state index in [0.29, 0.717) is 12.1 Å². The molecule has 1 atom stereocenters. The van der Waals surface area contributed by atoms with Crippen LogP contribution in [0.3, 0.4) is 0 Å². The highest BCUT2D eigenvalue weighted by molar-refractivity contribution is 5.82. The maximum Gasteiger partial charge on any atom is 0.336 e. The van der Waals surface area contributed by atoms with Gasteiger partial charge in [-0.1, -0.05) is 0 Å². The van der Waals surface area contributed by atoms with Crippen LogP contribution in [0.2, 0.25) is 0 Å². The molecule has 1 aromatic heterocycles. The molecule has 1 fully saturated rings. The molecule has 0 saturated carbocycles. The molecule has 0 bridgehead atoms. The highest BCUT2D eigenvalue weighted by atomic mass is 16.4. The van der Waals surface area contributed by atoms with Gasteiger partial charge in [-0.2, -0.15) is 0 Å². The monoisotopic (exact) mass is 299 g/mol. The fourth-order valence-electron chi connectivity index (χ4n) is 3.95. The van der Waals surface area contributed by atoms with E-state index in [2.05, 4.69) is 17.0 Å². The SMILES string of the molecule is O=c1cc(CN2CCC[C@@H]2CO)c2cc3c(cc2o1)CCC3. The number of nitrogens with zero attached hydrogens (tertiary/aromatic N) is 1. The van der Waals surface area contributed by atoms with Gasteiger partial charge in [-0.3, -0.25) is 4.90 Å². The predicted octanol–water partition coefficient (Wildman–Crippen LogP) is 2.24. The average molecular weight is 299 g/mol. The summed E-state index contributed by atoms with van der Waals surface area (Å²) in [6.07, 6.45) is 5.53. The topological polar surface area (TPSA) is 53.7 Å². The number of aliphatic hydroxyl groups excluding tert-OH is 1. The molecule has 4 rings (SSSR count). The van der Waals surface area contributed by atoms with Crippen LogP contribution in [0.5, 0.6) is 0 Å². The summed E-state index contributed by atoms with van der Waals surface area (Å²) in [5.41, 5.74) is 4.18. The van der Waals surface area contributed by atoms with Gasteiger partial charge in [0.1, 0.15) is 5.58 Å². The molecule has 2 aliphatic rings. The molecule has 4 heteroatoms. The lowest BCUT2D eigenvalue weighted by molar-refractivity contribution is 0.154. The van der Waals surface area contributed by atoms with Crippen molar-refractivity contribution in [2.24, 2.45) is 0 Å². The van der Waals surface area contributed by atoms with E-state index in [-0.39, 0.29) is 18.3 Å². The molecular weight excluding hydrogens is 278 g/mol. The summed E-state index contributed by atoms with van der Waals surface area (Å²) in [6, 6.07) is 6.10. The Bertz CT molecular complexity index is 765. The van der Waals surface area contributed by atoms with Gasteiger partial charge < -0.3 is 9.52 Å². The van der Waals surface area contributed by atoms with Crippen LogP contribution in [0.1, 0.15) is 36.0 Å². The summed E-state index contributed by atoms with van der Waals surface area (Å²) in [6.45, 7) is 1.89. The third-order valence-corrected chi connectivity index (χ3v) is 5.13. The minimum atomic E-state index is -0.278. The first-order chi connectivity index (χ1) is 10.7. The standard InChI is InChI=1S/C18H21NO3/c20-11-15-5-2-6-19(15)10-14-9-18(21)22-17-8-13-4-1-3-12(13)7-16(14)17/h7-9,15,20H,1-6,10-11H2/t15-/m1/s1. The van der Waals surface area contributed by atoms with Crippen LogP contribution >= 0.6 is 0 Å². The van der Waals surface area contributed by atoms with Crippen molar-refractivity contribution in [3.8, 4) is 0 Å². The summed E-state index contributed by atoms with van der Waals surface area (Å²) in [7, 11) is 0. The Morgan fingerprint density at radius 2 is 2.00 bits per heavy atom. The molecule has 4 nitrogen and oxygen atoms in total. The van der Waals surface area contributed by atoms with Gasteiger partial charge in [0.25, 0.3) is 0 Å². The van der Waals surface area contributed by atoms with Gasteiger partial charge >= 0.3 is 5.63 Å². The number of rotatable bonds is 3. The highest BCUT2D eigenvalue weighted by Gasteiger charge is 2.25. The van der Waals surface area contributed by atoms with Gasteiger partial charge in [0.05, 0.1) is 6.61 Å². The van der Waals surface area contributed by atoms with Crippen molar-refractivity contribution in [3.05, 3.63) is 45.3 Å². The second-order valence-electron chi connectivity index (χ2n) is 6.51. The third kappa shape index (κ3) is 2.36. The van der Waals surface area contributed by atoms with Crippen molar-refractivity contribution in [3.63, 3.8) is 0 Å². The number of aryl methyl sites for hydroxylation is 2. The first-order valence-corrected chi connectivity index (χ1v) is 8.18. The van der Waals surface area contributed by atoms with E-state index in [0.717, 1.165) is 43.2 Å². The maximum absolute atomic E-state index is 11.9. The molecule has 0 spiro atoms. The van der Waals surface area contributed by atoms with Crippen LogP contribution in [0.25, 0.3) is 11.0 Å². The molecule has 1 saturated heterocycles. The van der Waals surface area contributed by atoms with Gasteiger partial charge in [-0.15, -0.1) is 0 Å². The lowest BCUT2D eigenvalue weighted by Crippen LogP contribution is -2.31. The van der Waals surface area contributed by atoms with E-state index >= 15 is 0 Å². The van der Waals surface area contributed by atoms with E-state index < -0.39 is 0 Å². The van der Waals surface area contributed by atoms with Gasteiger partial charge in [0.2, 0.25) is 0 Å². The largest absolute Gasteiger partial charge is 0.423 e. The smallest absolute Gasteiger partial charge is 0.336 e. The minimum absolute atomic E-state index is 0.189. The first kappa shape index (κ1) is 14.0. The van der Waals surface area contributed by atoms with Gasteiger partial charge in [0, 0.05) is 24.0 Å². The second-order valence-corrected chi connectivity index (χ2v) is 6.51. The zero-order chi connectivity index (χ0) is 15.1. The Hall–Kier alpha value is -1.65. The van der Waals surface area contributed by atoms with Crippen molar-refractivity contribution in [2.45, 2.75) is 44.7 Å². The number of hydrogen-bond donors (Lipinski definition) is 1. The van der Waals surface area contributed by atoms with E-state index in [1.165, 1.54) is 17.5 Å². The average Bonchev–Trinajstić information content (AvgIpc) is 3.13. The minimum Gasteiger partial charge on any atom is -0.423 e. The zero-order valence-electron chi connectivity index (χ0n) is 12.7. The summed E-state index contributed by atoms with van der Waals surface area (Å²) >= 11 is 0. The summed E-state index contributed by atoms with van der Waals surface area (Å²) < 4.78 is 5.42. The lowest BCUT2D eigenvalue weighted by Gasteiger charge is -2.23. The fourth-order valence-corrected chi connectivity index (χ4v) is 3.95. The summed E-state index contributed by atoms with van der Waals surface area (Å²) in [5.74, 6) is 0. The Morgan fingerprint density at radius 3 is 2.82 bits per heavy atom. The normalized spacial score (nSPS) is 21.6. The second kappa shape index (κ2) is 5.52. The zero-order valence-corrected chi connectivity index (χ0v) is 12.7. The van der Waals surface area contributed by atoms with E-state index in [4.69, 9.17) is 4.42 Å². The molecule has 0 radical (unpaired) electrons. The third-order valence-electron chi connectivity index (χ3n) is 5.13. The molecule has 2 aromatic rings. The summed E-state index contributed by atoms with van der Waals surface area (Å²) in [4.78, 5) is 14.2. The van der Waals surface area contributed by atoms with Crippen LogP contribution in [0.4, 0.5) is 0 Å². The summed E-state index contributed by atoms with van der Waals surface area (Å²) in [5, 5.41) is 10.5. The van der Waals surface area contributed by atoms with Crippen molar-refractivity contribution in [1.82, 2.24) is 4.90 Å². The molecule has 1 aliphatic carbocycles. The Labute approximate surface area is 129 Å².